The van der Waals surface area contributed by atoms with Crippen molar-refractivity contribution < 1.29 is 32.5 Å². The molecule has 0 radical (unpaired) electrons. The zero-order valence-corrected chi connectivity index (χ0v) is 15.5. The fourth-order valence-corrected chi connectivity index (χ4v) is 2.75. The largest absolute Gasteiger partial charge is 0.454 e. The highest BCUT2D eigenvalue weighted by Gasteiger charge is 2.20. The first-order chi connectivity index (χ1) is 14.0. The highest BCUT2D eigenvalue weighted by Crippen LogP contribution is 2.38. The van der Waals surface area contributed by atoms with Crippen molar-refractivity contribution >= 4 is 5.96 Å². The summed E-state index contributed by atoms with van der Waals surface area (Å²) in [6.07, 6.45) is 0. The van der Waals surface area contributed by atoms with Crippen molar-refractivity contribution in [1.29, 1.82) is 0 Å². The minimum absolute atomic E-state index is 0.0110. The summed E-state index contributed by atoms with van der Waals surface area (Å²) in [5.74, 6) is 0.657. The maximum Gasteiger partial charge on any atom is 0.387 e. The van der Waals surface area contributed by atoms with Crippen LogP contribution in [0, 0.1) is 5.82 Å². The van der Waals surface area contributed by atoms with Crippen LogP contribution in [0.4, 0.5) is 13.2 Å². The summed E-state index contributed by atoms with van der Waals surface area (Å²) >= 11 is 0. The minimum Gasteiger partial charge on any atom is -0.454 e. The lowest BCUT2D eigenvalue weighted by molar-refractivity contribution is -0.0505. The van der Waals surface area contributed by atoms with Crippen molar-refractivity contribution in [3.05, 3.63) is 52.8 Å². The van der Waals surface area contributed by atoms with Gasteiger partial charge in [-0.25, -0.2) is 4.39 Å². The number of aliphatic hydroxyl groups excluding tert-OH is 1. The van der Waals surface area contributed by atoms with Crippen molar-refractivity contribution in [2.45, 2.75) is 26.3 Å². The van der Waals surface area contributed by atoms with Gasteiger partial charge in [-0.1, -0.05) is 6.07 Å². The number of halogens is 3. The highest BCUT2D eigenvalue weighted by molar-refractivity contribution is 5.79. The van der Waals surface area contributed by atoms with Gasteiger partial charge < -0.3 is 30.0 Å². The quantitative estimate of drug-likeness (QED) is 0.480. The number of aliphatic hydroxyl groups is 1. The monoisotopic (exact) mass is 411 g/mol. The standard InChI is InChI=1S/C19H20F3N3O4/c1-23-19(24-7-11-2-3-14(20)13(4-11)9-26)25-8-12-5-16-17(28-10-27-16)6-15(12)29-18(21)22/h2-6,18,26H,7-10H2,1H3,(H2,23,24,25). The van der Waals surface area contributed by atoms with Gasteiger partial charge in [0.25, 0.3) is 0 Å². The van der Waals surface area contributed by atoms with E-state index in [0.29, 0.717) is 29.6 Å². The van der Waals surface area contributed by atoms with Crippen molar-refractivity contribution in [3.8, 4) is 17.2 Å². The number of hydrogen-bond acceptors (Lipinski definition) is 5. The Bertz CT molecular complexity index is 893. The summed E-state index contributed by atoms with van der Waals surface area (Å²) in [6.45, 7) is -2.93. The molecule has 1 heterocycles. The second kappa shape index (κ2) is 9.37. The first-order valence-electron chi connectivity index (χ1n) is 8.70. The fourth-order valence-electron chi connectivity index (χ4n) is 2.75. The number of rotatable bonds is 7. The smallest absolute Gasteiger partial charge is 0.387 e. The molecule has 0 saturated carbocycles. The lowest BCUT2D eigenvalue weighted by Gasteiger charge is -2.15. The number of guanidine groups is 1. The van der Waals surface area contributed by atoms with Crippen molar-refractivity contribution in [1.82, 2.24) is 10.6 Å². The molecule has 0 bridgehead atoms. The SMILES string of the molecule is CN=C(NCc1ccc(F)c(CO)c1)NCc1cc2c(cc1OC(F)F)OCO2. The summed E-state index contributed by atoms with van der Waals surface area (Å²) in [5.41, 5.74) is 1.37. The number of benzene rings is 2. The maximum absolute atomic E-state index is 13.5. The van der Waals surface area contributed by atoms with Gasteiger partial charge in [0.15, 0.2) is 17.5 Å². The third kappa shape index (κ3) is 5.23. The van der Waals surface area contributed by atoms with Gasteiger partial charge in [0.05, 0.1) is 6.61 Å². The van der Waals surface area contributed by atoms with E-state index >= 15 is 0 Å². The van der Waals surface area contributed by atoms with Crippen LogP contribution in [-0.2, 0) is 19.7 Å². The van der Waals surface area contributed by atoms with E-state index in [-0.39, 0.29) is 24.7 Å². The molecule has 3 rings (SSSR count). The second-order valence-electron chi connectivity index (χ2n) is 6.05. The molecule has 2 aromatic carbocycles. The number of fused-ring (bicyclic) bond motifs is 1. The van der Waals surface area contributed by atoms with Gasteiger partial charge in [-0.05, 0) is 23.8 Å². The Balaban J connectivity index is 1.65. The molecule has 0 spiro atoms. The molecule has 0 atom stereocenters. The van der Waals surface area contributed by atoms with E-state index in [2.05, 4.69) is 20.4 Å². The molecular weight excluding hydrogens is 391 g/mol. The lowest BCUT2D eigenvalue weighted by Crippen LogP contribution is -2.36. The lowest BCUT2D eigenvalue weighted by atomic mass is 10.1. The molecule has 10 heteroatoms. The summed E-state index contributed by atoms with van der Waals surface area (Å²) in [6, 6.07) is 7.33. The molecule has 3 N–H and O–H groups in total. The van der Waals surface area contributed by atoms with E-state index in [0.717, 1.165) is 5.56 Å². The third-order valence-electron chi connectivity index (χ3n) is 4.18. The van der Waals surface area contributed by atoms with Gasteiger partial charge in [0.1, 0.15) is 11.6 Å². The average Bonchev–Trinajstić information content (AvgIpc) is 3.15. The van der Waals surface area contributed by atoms with Gasteiger partial charge >= 0.3 is 6.61 Å². The maximum atomic E-state index is 13.5. The number of ether oxygens (including phenoxy) is 3. The van der Waals surface area contributed by atoms with Crippen LogP contribution in [0.25, 0.3) is 0 Å². The van der Waals surface area contributed by atoms with Crippen LogP contribution in [0.3, 0.4) is 0 Å². The van der Waals surface area contributed by atoms with E-state index in [1.54, 1.807) is 25.2 Å². The van der Waals surface area contributed by atoms with Crippen molar-refractivity contribution in [2.75, 3.05) is 13.8 Å². The van der Waals surface area contributed by atoms with E-state index in [1.165, 1.54) is 12.1 Å². The van der Waals surface area contributed by atoms with E-state index < -0.39 is 19.0 Å². The molecule has 29 heavy (non-hydrogen) atoms. The minimum atomic E-state index is -2.98. The molecular formula is C19H20F3N3O4. The van der Waals surface area contributed by atoms with Gasteiger partial charge in [-0.2, -0.15) is 8.78 Å². The van der Waals surface area contributed by atoms with Crippen molar-refractivity contribution in [2.24, 2.45) is 4.99 Å². The molecule has 7 nitrogen and oxygen atoms in total. The van der Waals surface area contributed by atoms with E-state index in [4.69, 9.17) is 14.6 Å². The van der Waals surface area contributed by atoms with Crippen LogP contribution in [0.1, 0.15) is 16.7 Å². The Morgan fingerprint density at radius 2 is 1.86 bits per heavy atom. The number of aliphatic imine (C=N–C) groups is 1. The summed E-state index contributed by atoms with van der Waals surface area (Å²) < 4.78 is 53.9. The Kier molecular flexibility index (Phi) is 6.65. The van der Waals surface area contributed by atoms with Gasteiger partial charge in [-0.15, -0.1) is 0 Å². The number of nitrogens with zero attached hydrogens (tertiary/aromatic N) is 1. The molecule has 1 aliphatic rings. The van der Waals surface area contributed by atoms with Gasteiger partial charge in [0, 0.05) is 37.3 Å². The summed E-state index contributed by atoms with van der Waals surface area (Å²) in [7, 11) is 1.55. The predicted octanol–water partition coefficient (Wildman–Crippen LogP) is 2.51. The van der Waals surface area contributed by atoms with Gasteiger partial charge in [0.2, 0.25) is 6.79 Å². The molecule has 1 aliphatic heterocycles. The van der Waals surface area contributed by atoms with Crippen LogP contribution in [0.2, 0.25) is 0 Å². The highest BCUT2D eigenvalue weighted by atomic mass is 19.3. The zero-order chi connectivity index (χ0) is 20.8. The molecule has 0 unspecified atom stereocenters. The second-order valence-corrected chi connectivity index (χ2v) is 6.05. The van der Waals surface area contributed by atoms with Crippen LogP contribution in [-0.4, -0.2) is 31.5 Å². The molecule has 0 amide bonds. The molecule has 0 fully saturated rings. The average molecular weight is 411 g/mol. The fraction of sp³-hybridized carbons (Fsp3) is 0.316. The van der Waals surface area contributed by atoms with Gasteiger partial charge in [-0.3, -0.25) is 4.99 Å². The molecule has 0 aliphatic carbocycles. The third-order valence-corrected chi connectivity index (χ3v) is 4.18. The Labute approximate surface area is 165 Å². The first kappa shape index (κ1) is 20.6. The predicted molar refractivity (Wildman–Crippen MR) is 98.6 cm³/mol. The normalized spacial score (nSPS) is 13.0. The first-order valence-corrected chi connectivity index (χ1v) is 8.70. The topological polar surface area (TPSA) is 84.3 Å². The van der Waals surface area contributed by atoms with Crippen LogP contribution < -0.4 is 24.8 Å². The Morgan fingerprint density at radius 3 is 2.55 bits per heavy atom. The molecule has 0 aromatic heterocycles. The number of hydrogen-bond donors (Lipinski definition) is 3. The summed E-state index contributed by atoms with van der Waals surface area (Å²) in [4.78, 5) is 4.07. The Hall–Kier alpha value is -3.14. The zero-order valence-electron chi connectivity index (χ0n) is 15.5. The van der Waals surface area contributed by atoms with Crippen LogP contribution >= 0.6 is 0 Å². The molecule has 0 saturated heterocycles. The molecule has 156 valence electrons. The number of nitrogens with one attached hydrogen (secondary N) is 2. The summed E-state index contributed by atoms with van der Waals surface area (Å²) in [5, 5.41) is 15.2. The van der Waals surface area contributed by atoms with Crippen molar-refractivity contribution in [3.63, 3.8) is 0 Å². The van der Waals surface area contributed by atoms with Crippen LogP contribution in [0.15, 0.2) is 35.3 Å². The van der Waals surface area contributed by atoms with E-state index in [1.807, 2.05) is 0 Å². The van der Waals surface area contributed by atoms with E-state index in [9.17, 15) is 13.2 Å². The molecule has 2 aromatic rings. The van der Waals surface area contributed by atoms with Crippen LogP contribution in [0.5, 0.6) is 17.2 Å². The Morgan fingerprint density at radius 1 is 1.14 bits per heavy atom. The number of alkyl halides is 2.